The molecule has 0 saturated carbocycles. The van der Waals surface area contributed by atoms with Crippen LogP contribution in [0.1, 0.15) is 0 Å². The second-order valence-corrected chi connectivity index (χ2v) is 8.42. The SMILES string of the molecule is COc1ccc(Cl)c(Nc2nc3ccccc3nc2N(c2cccc(NC(=O)CN)c2)S(=O)O)c1. The molecular weight excluding hydrogens is 492 g/mol. The third-order valence-corrected chi connectivity index (χ3v) is 5.90. The average Bonchev–Trinajstić information content (AvgIpc) is 2.85. The summed E-state index contributed by atoms with van der Waals surface area (Å²) in [5, 5.41) is 6.12. The van der Waals surface area contributed by atoms with E-state index in [2.05, 4.69) is 20.6 Å². The van der Waals surface area contributed by atoms with Gasteiger partial charge in [0.1, 0.15) is 5.75 Å². The van der Waals surface area contributed by atoms with Crippen LogP contribution in [0.3, 0.4) is 0 Å². The molecule has 0 aliphatic carbocycles. The number of nitrogens with two attached hydrogens (primary N) is 1. The summed E-state index contributed by atoms with van der Waals surface area (Å²) in [6.45, 7) is -0.203. The molecule has 1 unspecified atom stereocenters. The van der Waals surface area contributed by atoms with E-state index < -0.39 is 17.2 Å². The summed E-state index contributed by atoms with van der Waals surface area (Å²) >= 11 is 3.82. The van der Waals surface area contributed by atoms with E-state index in [1.165, 1.54) is 13.2 Å². The number of anilines is 5. The Morgan fingerprint density at radius 3 is 2.54 bits per heavy atom. The molecule has 1 heterocycles. The molecule has 1 amide bonds. The summed E-state index contributed by atoms with van der Waals surface area (Å²) in [5.74, 6) is 0.390. The lowest BCUT2D eigenvalue weighted by atomic mass is 10.2. The number of fused-ring (bicyclic) bond motifs is 1. The third kappa shape index (κ3) is 5.49. The number of aromatic nitrogens is 2. The number of methoxy groups -OCH3 is 1. The lowest BCUT2D eigenvalue weighted by molar-refractivity contribution is -0.114. The van der Waals surface area contributed by atoms with Crippen LogP contribution in [0.15, 0.2) is 66.7 Å². The van der Waals surface area contributed by atoms with Crippen LogP contribution >= 0.6 is 11.6 Å². The minimum atomic E-state index is -2.55. The van der Waals surface area contributed by atoms with E-state index in [0.29, 0.717) is 33.2 Å². The van der Waals surface area contributed by atoms with Crippen LogP contribution in [0.2, 0.25) is 5.02 Å². The molecule has 180 valence electrons. The molecule has 0 aliphatic heterocycles. The smallest absolute Gasteiger partial charge is 0.268 e. The van der Waals surface area contributed by atoms with E-state index in [0.717, 1.165) is 4.31 Å². The fourth-order valence-electron chi connectivity index (χ4n) is 3.28. The number of nitrogens with one attached hydrogen (secondary N) is 2. The number of nitrogens with zero attached hydrogens (tertiary/aromatic N) is 3. The first kappa shape index (κ1) is 24.4. The lowest BCUT2D eigenvalue weighted by Crippen LogP contribution is -2.24. The summed E-state index contributed by atoms with van der Waals surface area (Å²) in [4.78, 5) is 21.0. The zero-order valence-electron chi connectivity index (χ0n) is 18.4. The molecule has 35 heavy (non-hydrogen) atoms. The molecule has 0 radical (unpaired) electrons. The maximum Gasteiger partial charge on any atom is 0.268 e. The highest BCUT2D eigenvalue weighted by molar-refractivity contribution is 7.81. The zero-order chi connectivity index (χ0) is 24.9. The number of amides is 1. The number of halogens is 1. The van der Waals surface area contributed by atoms with Crippen molar-refractivity contribution in [2.75, 3.05) is 28.6 Å². The highest BCUT2D eigenvalue weighted by Gasteiger charge is 2.24. The Bertz CT molecular complexity index is 1420. The summed E-state index contributed by atoms with van der Waals surface area (Å²) in [6.07, 6.45) is 0. The van der Waals surface area contributed by atoms with Crippen LogP contribution in [0.5, 0.6) is 5.75 Å². The van der Waals surface area contributed by atoms with Crippen molar-refractivity contribution >= 4 is 68.5 Å². The standard InChI is InChI=1S/C23H21ClN6O4S/c1-34-16-9-10-17(24)20(12-16)28-22-23(29-19-8-3-2-7-18(19)27-22)30(35(32)33)15-6-4-5-14(11-15)26-21(31)13-25/h2-12H,13,25H2,1H3,(H,26,31)(H,27,28)(H,32,33). The van der Waals surface area contributed by atoms with Gasteiger partial charge >= 0.3 is 0 Å². The van der Waals surface area contributed by atoms with E-state index in [4.69, 9.17) is 22.1 Å². The van der Waals surface area contributed by atoms with Gasteiger partial charge in [-0.1, -0.05) is 29.8 Å². The van der Waals surface area contributed by atoms with Crippen molar-refractivity contribution < 1.29 is 18.3 Å². The van der Waals surface area contributed by atoms with Gasteiger partial charge in [-0.25, -0.2) is 18.5 Å². The number of hydrogen-bond acceptors (Lipinski definition) is 7. The Kier molecular flexibility index (Phi) is 7.42. The quantitative estimate of drug-likeness (QED) is 0.257. The normalized spacial score (nSPS) is 11.7. The van der Waals surface area contributed by atoms with Crippen LogP contribution in [0.25, 0.3) is 11.0 Å². The first-order valence-electron chi connectivity index (χ1n) is 10.3. The van der Waals surface area contributed by atoms with Crippen molar-refractivity contribution in [3.05, 3.63) is 71.8 Å². The molecule has 0 saturated heterocycles. The minimum absolute atomic E-state index is 0.0609. The van der Waals surface area contributed by atoms with Crippen LogP contribution in [0, 0.1) is 0 Å². The monoisotopic (exact) mass is 512 g/mol. The molecule has 4 aromatic rings. The maximum absolute atomic E-state index is 12.6. The molecule has 4 rings (SSSR count). The first-order chi connectivity index (χ1) is 16.9. The van der Waals surface area contributed by atoms with Crippen molar-refractivity contribution in [3.8, 4) is 5.75 Å². The second-order valence-electron chi connectivity index (χ2n) is 7.18. The number of para-hydroxylation sites is 2. The van der Waals surface area contributed by atoms with E-state index in [9.17, 15) is 13.6 Å². The zero-order valence-corrected chi connectivity index (χ0v) is 20.0. The number of carbonyl (C=O) groups is 1. The van der Waals surface area contributed by atoms with Crippen LogP contribution in [-0.4, -0.2) is 38.3 Å². The van der Waals surface area contributed by atoms with Gasteiger partial charge in [0.2, 0.25) is 5.91 Å². The number of benzene rings is 3. The highest BCUT2D eigenvalue weighted by Crippen LogP contribution is 2.37. The largest absolute Gasteiger partial charge is 0.497 e. The van der Waals surface area contributed by atoms with E-state index in [-0.39, 0.29) is 23.9 Å². The summed E-state index contributed by atoms with van der Waals surface area (Å²) in [7, 11) is 1.53. The van der Waals surface area contributed by atoms with Gasteiger partial charge in [0.05, 0.1) is 41.1 Å². The fraction of sp³-hybridized carbons (Fsp3) is 0.0870. The molecule has 1 aromatic heterocycles. The fourth-order valence-corrected chi connectivity index (χ4v) is 4.01. The van der Waals surface area contributed by atoms with Gasteiger partial charge in [0, 0.05) is 11.8 Å². The Morgan fingerprint density at radius 2 is 1.86 bits per heavy atom. The highest BCUT2D eigenvalue weighted by atomic mass is 35.5. The molecule has 5 N–H and O–H groups in total. The van der Waals surface area contributed by atoms with Crippen LogP contribution in [-0.2, 0) is 16.1 Å². The van der Waals surface area contributed by atoms with Crippen molar-refractivity contribution in [1.29, 1.82) is 0 Å². The molecule has 0 bridgehead atoms. The first-order valence-corrected chi connectivity index (χ1v) is 11.7. The number of rotatable bonds is 8. The minimum Gasteiger partial charge on any atom is -0.497 e. The molecule has 0 aliphatic rings. The number of ether oxygens (including phenoxy) is 1. The van der Waals surface area contributed by atoms with Gasteiger partial charge < -0.3 is 21.1 Å². The molecular formula is C23H21ClN6O4S. The van der Waals surface area contributed by atoms with Gasteiger partial charge in [0.25, 0.3) is 11.3 Å². The Hall–Kier alpha value is -3.77. The molecule has 3 aromatic carbocycles. The molecule has 0 spiro atoms. The lowest BCUT2D eigenvalue weighted by Gasteiger charge is -2.23. The maximum atomic E-state index is 12.6. The van der Waals surface area contributed by atoms with Crippen molar-refractivity contribution in [2.45, 2.75) is 0 Å². The average molecular weight is 513 g/mol. The molecule has 1 atom stereocenters. The molecule has 12 heteroatoms. The predicted molar refractivity (Wildman–Crippen MR) is 138 cm³/mol. The number of hydrogen-bond donors (Lipinski definition) is 4. The van der Waals surface area contributed by atoms with E-state index >= 15 is 0 Å². The number of carbonyl (C=O) groups excluding carboxylic acids is 1. The van der Waals surface area contributed by atoms with Crippen molar-refractivity contribution in [3.63, 3.8) is 0 Å². The second kappa shape index (κ2) is 10.7. The van der Waals surface area contributed by atoms with Gasteiger partial charge in [0.15, 0.2) is 11.6 Å². The van der Waals surface area contributed by atoms with Gasteiger partial charge in [-0.05, 0) is 42.5 Å². The summed E-state index contributed by atoms with van der Waals surface area (Å²) in [5.41, 5.74) is 7.59. The van der Waals surface area contributed by atoms with Gasteiger partial charge in [-0.3, -0.25) is 9.35 Å². The summed E-state index contributed by atoms with van der Waals surface area (Å²) in [6, 6.07) is 18.5. The van der Waals surface area contributed by atoms with Crippen LogP contribution in [0.4, 0.5) is 28.7 Å². The molecule has 0 fully saturated rings. The Morgan fingerprint density at radius 1 is 1.11 bits per heavy atom. The summed E-state index contributed by atoms with van der Waals surface area (Å²) < 4.78 is 29.2. The van der Waals surface area contributed by atoms with E-state index in [1.54, 1.807) is 54.6 Å². The van der Waals surface area contributed by atoms with Crippen molar-refractivity contribution in [1.82, 2.24) is 9.97 Å². The van der Waals surface area contributed by atoms with Gasteiger partial charge in [-0.2, -0.15) is 0 Å². The topological polar surface area (TPSA) is 143 Å². The van der Waals surface area contributed by atoms with E-state index in [1.807, 2.05) is 6.07 Å². The van der Waals surface area contributed by atoms with Crippen LogP contribution < -0.4 is 25.4 Å². The predicted octanol–water partition coefficient (Wildman–Crippen LogP) is 4.21. The Labute approximate surface area is 208 Å². The van der Waals surface area contributed by atoms with Gasteiger partial charge in [-0.15, -0.1) is 0 Å². The third-order valence-electron chi connectivity index (χ3n) is 4.88. The van der Waals surface area contributed by atoms with Crippen molar-refractivity contribution in [2.24, 2.45) is 5.73 Å². The Balaban J connectivity index is 1.86. The molecule has 10 nitrogen and oxygen atoms in total.